The zero-order valence-corrected chi connectivity index (χ0v) is 24.0. The fraction of sp³-hybridized carbons (Fsp3) is 0. The van der Waals surface area contributed by atoms with Crippen LogP contribution < -0.4 is 75.9 Å². The van der Waals surface area contributed by atoms with E-state index in [1.165, 1.54) is 24.3 Å². The number of nitrogen functional groups attached to an aromatic ring is 2. The number of anilines is 4. The second-order valence-corrected chi connectivity index (χ2v) is 9.77. The van der Waals surface area contributed by atoms with Crippen LogP contribution in [0.4, 0.5) is 22.7 Å². The summed E-state index contributed by atoms with van der Waals surface area (Å²) in [6, 6.07) is 9.73. The molecule has 1 aliphatic carbocycles. The van der Waals surface area contributed by atoms with Gasteiger partial charge in [0, 0.05) is 16.8 Å². The summed E-state index contributed by atoms with van der Waals surface area (Å²) in [5.74, 6) is -1.41. The third-order valence-electron chi connectivity index (χ3n) is 5.03. The Balaban J connectivity index is 0.00000216. The first-order valence-electron chi connectivity index (χ1n) is 9.04. The quantitative estimate of drug-likeness (QED) is 0.129. The summed E-state index contributed by atoms with van der Waals surface area (Å²) >= 11 is 0. The van der Waals surface area contributed by atoms with Crippen molar-refractivity contribution in [1.82, 2.24) is 0 Å². The molecular weight excluding hydrogens is 520 g/mol. The molecule has 0 atom stereocenters. The molecule has 11 nitrogen and oxygen atoms in total. The maximum atomic E-state index is 13.2. The minimum absolute atomic E-state index is 0. The van der Waals surface area contributed by atoms with Crippen molar-refractivity contribution in [3.05, 3.63) is 70.8 Å². The Morgan fingerprint density at radius 3 is 1.71 bits per heavy atom. The summed E-state index contributed by atoms with van der Waals surface area (Å²) in [6.45, 7) is 0. The number of hydrogen-bond donors (Lipinski definition) is 3. The minimum Gasteiger partial charge on any atom is -0.744 e. The second-order valence-electron chi connectivity index (χ2n) is 7.08. The van der Waals surface area contributed by atoms with Crippen LogP contribution in [0.15, 0.2) is 58.3 Å². The Bertz CT molecular complexity index is 1610. The maximum Gasteiger partial charge on any atom is 1.00 e. The number of rotatable bonds is 4. The van der Waals surface area contributed by atoms with Crippen molar-refractivity contribution in [1.29, 1.82) is 0 Å². The van der Waals surface area contributed by atoms with Gasteiger partial charge >= 0.3 is 59.1 Å². The van der Waals surface area contributed by atoms with Crippen LogP contribution in [-0.4, -0.2) is 37.5 Å². The first-order valence-corrected chi connectivity index (χ1v) is 11.9. The van der Waals surface area contributed by atoms with Gasteiger partial charge in [-0.1, -0.05) is 24.3 Å². The van der Waals surface area contributed by atoms with Gasteiger partial charge < -0.3 is 25.9 Å². The van der Waals surface area contributed by atoms with Gasteiger partial charge in [-0.05, 0) is 24.3 Å². The molecule has 0 bridgehead atoms. The van der Waals surface area contributed by atoms with Gasteiger partial charge in [0.05, 0.1) is 38.0 Å². The molecule has 1 aliphatic rings. The monoisotopic (exact) mass is 533 g/mol. The number of benzene rings is 3. The molecule has 4 rings (SSSR count). The number of nitrogens with one attached hydrogen (secondary N) is 1. The summed E-state index contributed by atoms with van der Waals surface area (Å²) in [6.07, 6.45) is 0. The van der Waals surface area contributed by atoms with Gasteiger partial charge in [0.25, 0.3) is 0 Å². The Morgan fingerprint density at radius 2 is 1.23 bits per heavy atom. The molecule has 3 aromatic rings. The Kier molecular flexibility index (Phi) is 8.67. The van der Waals surface area contributed by atoms with Gasteiger partial charge in [-0.15, -0.1) is 0 Å². The van der Waals surface area contributed by atoms with Crippen LogP contribution in [0.2, 0.25) is 0 Å². The van der Waals surface area contributed by atoms with Crippen molar-refractivity contribution in [2.24, 2.45) is 0 Å². The molecule has 0 saturated carbocycles. The molecule has 0 radical (unpaired) electrons. The molecule has 0 amide bonds. The van der Waals surface area contributed by atoms with Crippen molar-refractivity contribution < 1.29 is 94.6 Å². The molecule has 3 aromatic carbocycles. The van der Waals surface area contributed by atoms with E-state index in [1.54, 1.807) is 0 Å². The van der Waals surface area contributed by atoms with E-state index in [0.29, 0.717) is 0 Å². The maximum absolute atomic E-state index is 13.2. The number of hydrogen-bond acceptors (Lipinski definition) is 11. The predicted octanol–water partition coefficient (Wildman–Crippen LogP) is -4.81. The average molecular weight is 533 g/mol. The zero-order chi connectivity index (χ0) is 24.3. The normalized spacial score (nSPS) is 12.6. The smallest absolute Gasteiger partial charge is 0.744 e. The van der Waals surface area contributed by atoms with E-state index in [1.807, 2.05) is 0 Å². The number of ketones is 2. The van der Waals surface area contributed by atoms with Crippen molar-refractivity contribution in [2.75, 3.05) is 16.8 Å². The molecule has 5 N–H and O–H groups in total. The fourth-order valence-corrected chi connectivity index (χ4v) is 4.82. The average Bonchev–Trinajstić information content (AvgIpc) is 2.71. The van der Waals surface area contributed by atoms with Crippen molar-refractivity contribution in [3.8, 4) is 0 Å². The van der Waals surface area contributed by atoms with Crippen molar-refractivity contribution >= 4 is 54.6 Å². The minimum atomic E-state index is -5.16. The third-order valence-corrected chi connectivity index (χ3v) is 6.81. The summed E-state index contributed by atoms with van der Waals surface area (Å²) < 4.78 is 69.2. The molecule has 0 fully saturated rings. The van der Waals surface area contributed by atoms with E-state index in [0.717, 1.165) is 24.3 Å². The van der Waals surface area contributed by atoms with Crippen LogP contribution in [-0.2, 0) is 20.2 Å². The van der Waals surface area contributed by atoms with Crippen LogP contribution in [0.25, 0.3) is 0 Å². The number of nitrogens with two attached hydrogens (primary N) is 2. The van der Waals surface area contributed by atoms with Gasteiger partial charge in [-0.3, -0.25) is 9.59 Å². The largest absolute Gasteiger partial charge is 1.00 e. The molecule has 0 heterocycles. The Hall–Kier alpha value is -1.78. The molecule has 15 heteroatoms. The summed E-state index contributed by atoms with van der Waals surface area (Å²) in [7, 11) is -10.0. The number of carbonyl (C=O) groups is 2. The number of carbonyl (C=O) groups excluding carboxylic acids is 2. The molecule has 170 valence electrons. The summed E-state index contributed by atoms with van der Waals surface area (Å²) in [5, 5.41) is 2.66. The first kappa shape index (κ1) is 29.5. The SMILES string of the molecule is Nc1cc(Nc2cc(S(=O)(=O)[O-])c(N)c3c2C(=O)c2ccccc2C3=O)ccc1S(=O)(=O)[O-].[Na+].[Na+]. The van der Waals surface area contributed by atoms with Crippen molar-refractivity contribution in [3.63, 3.8) is 0 Å². The van der Waals surface area contributed by atoms with Gasteiger partial charge in [-0.2, -0.15) is 0 Å². The van der Waals surface area contributed by atoms with E-state index in [-0.39, 0.29) is 87.2 Å². The molecule has 35 heavy (non-hydrogen) atoms. The van der Waals surface area contributed by atoms with Crippen LogP contribution in [0.5, 0.6) is 0 Å². The second kappa shape index (κ2) is 10.3. The zero-order valence-electron chi connectivity index (χ0n) is 18.4. The van der Waals surface area contributed by atoms with Gasteiger partial charge in [0.15, 0.2) is 11.6 Å². The van der Waals surface area contributed by atoms with Gasteiger partial charge in [-0.25, -0.2) is 16.8 Å². The van der Waals surface area contributed by atoms with Gasteiger partial charge in [0.2, 0.25) is 0 Å². The van der Waals surface area contributed by atoms with E-state index in [9.17, 15) is 35.5 Å². The summed E-state index contributed by atoms with van der Waals surface area (Å²) in [4.78, 5) is 24.7. The van der Waals surface area contributed by atoms with Crippen LogP contribution in [0, 0.1) is 0 Å². The topological polar surface area (TPSA) is 213 Å². The van der Waals surface area contributed by atoms with E-state index in [4.69, 9.17) is 11.5 Å². The molecule has 0 unspecified atom stereocenters. The molecule has 0 aromatic heterocycles. The summed E-state index contributed by atoms with van der Waals surface area (Å²) in [5.41, 5.74) is 9.50. The Labute approximate surface area is 244 Å². The van der Waals surface area contributed by atoms with Crippen molar-refractivity contribution in [2.45, 2.75) is 9.79 Å². The van der Waals surface area contributed by atoms with E-state index < -0.39 is 58.5 Å². The van der Waals surface area contributed by atoms with Crippen LogP contribution >= 0.6 is 0 Å². The molecule has 0 spiro atoms. The van der Waals surface area contributed by atoms with Crippen LogP contribution in [0.1, 0.15) is 31.8 Å². The molecule has 0 saturated heterocycles. The first-order chi connectivity index (χ1) is 15.3. The molecule has 0 aliphatic heterocycles. The van der Waals surface area contributed by atoms with E-state index in [2.05, 4.69) is 5.32 Å². The van der Waals surface area contributed by atoms with Crippen LogP contribution in [0.3, 0.4) is 0 Å². The molecular formula is C20H13N3Na2O8S2. The third kappa shape index (κ3) is 5.34. The number of fused-ring (bicyclic) bond motifs is 2. The van der Waals surface area contributed by atoms with E-state index >= 15 is 0 Å². The Morgan fingerprint density at radius 1 is 0.714 bits per heavy atom. The predicted molar refractivity (Wildman–Crippen MR) is 114 cm³/mol. The fourth-order valence-electron chi connectivity index (χ4n) is 3.61. The van der Waals surface area contributed by atoms with Gasteiger partial charge in [0.1, 0.15) is 20.2 Å². The standard InChI is InChI=1S/C20H15N3O8S2.2Na/c21-12-7-9(5-6-14(12)32(26,27)28)23-13-8-15(33(29,30)31)18(22)17-16(13)19(24)10-3-1-2-4-11(10)20(17)25;;/h1-8,23H,21-22H2,(H,26,27,28)(H,29,30,31);;/q;2*+1/p-2.